The first-order chi connectivity index (χ1) is 18.3. The number of hydrogen-bond acceptors (Lipinski definition) is 7. The lowest BCUT2D eigenvalue weighted by atomic mass is 9.95. The van der Waals surface area contributed by atoms with Gasteiger partial charge in [0, 0.05) is 30.0 Å². The largest absolute Gasteiger partial charge is 0.462 e. The van der Waals surface area contributed by atoms with Crippen molar-refractivity contribution < 1.29 is 23.8 Å². The highest BCUT2D eigenvalue weighted by Crippen LogP contribution is 2.25. The monoisotopic (exact) mass is 522 g/mol. The first-order valence-corrected chi connectivity index (χ1v) is 13.8. The van der Waals surface area contributed by atoms with E-state index in [1.165, 1.54) is 25.3 Å². The molecule has 7 nitrogen and oxygen atoms in total. The van der Waals surface area contributed by atoms with Crippen molar-refractivity contribution in [3.05, 3.63) is 65.2 Å². The fourth-order valence-corrected chi connectivity index (χ4v) is 4.55. The predicted molar refractivity (Wildman–Crippen MR) is 152 cm³/mol. The van der Waals surface area contributed by atoms with Gasteiger partial charge in [-0.25, -0.2) is 9.59 Å². The van der Waals surface area contributed by atoms with Gasteiger partial charge in [-0.2, -0.15) is 0 Å². The van der Waals surface area contributed by atoms with Crippen LogP contribution in [0.3, 0.4) is 0 Å². The Labute approximate surface area is 226 Å². The molecule has 0 aromatic heterocycles. The van der Waals surface area contributed by atoms with Crippen LogP contribution >= 0.6 is 0 Å². The van der Waals surface area contributed by atoms with Crippen molar-refractivity contribution in [3.8, 4) is 0 Å². The van der Waals surface area contributed by atoms with Crippen LogP contribution in [0.1, 0.15) is 92.6 Å². The Balaban J connectivity index is 1.38. The third-order valence-corrected chi connectivity index (χ3v) is 6.85. The molecule has 0 aliphatic heterocycles. The maximum absolute atomic E-state index is 12.6. The second kappa shape index (κ2) is 15.2. The Morgan fingerprint density at radius 2 is 1.61 bits per heavy atom. The lowest BCUT2D eigenvalue weighted by Crippen LogP contribution is -2.28. The Hall–Kier alpha value is -3.32. The number of anilines is 2. The number of nitrogens with two attached hydrogens (primary N) is 2. The Morgan fingerprint density at radius 1 is 0.947 bits per heavy atom. The average molecular weight is 523 g/mol. The van der Waals surface area contributed by atoms with Crippen LogP contribution in [0.25, 0.3) is 6.08 Å². The summed E-state index contributed by atoms with van der Waals surface area (Å²) < 4.78 is 17.1. The molecule has 0 bridgehead atoms. The van der Waals surface area contributed by atoms with Crippen molar-refractivity contribution in [1.29, 1.82) is 0 Å². The zero-order valence-corrected chi connectivity index (χ0v) is 22.7. The van der Waals surface area contributed by atoms with E-state index < -0.39 is 5.97 Å². The summed E-state index contributed by atoms with van der Waals surface area (Å²) in [6.07, 6.45) is 11.6. The van der Waals surface area contributed by atoms with Crippen molar-refractivity contribution >= 4 is 29.4 Å². The van der Waals surface area contributed by atoms with Gasteiger partial charge in [-0.15, -0.1) is 0 Å². The van der Waals surface area contributed by atoms with Crippen molar-refractivity contribution in [1.82, 2.24) is 0 Å². The quantitative estimate of drug-likeness (QED) is 0.138. The van der Waals surface area contributed by atoms with Gasteiger partial charge in [-0.3, -0.25) is 0 Å². The molecule has 38 heavy (non-hydrogen) atoms. The van der Waals surface area contributed by atoms with Crippen LogP contribution in [0.2, 0.25) is 0 Å². The first kappa shape index (κ1) is 29.2. The molecule has 3 rings (SSSR count). The normalized spacial score (nSPS) is 18.3. The minimum Gasteiger partial charge on any atom is -0.462 e. The van der Waals surface area contributed by atoms with E-state index in [0.717, 1.165) is 49.8 Å². The molecule has 0 spiro atoms. The minimum absolute atomic E-state index is 0.0402. The number of hydrogen-bond donors (Lipinski definition) is 2. The molecular formula is C31H42N2O5. The SMILES string of the molecule is CCCCCCOC1CCC(OC(=O)c2ccc(/C=C/C(=O)OCC(C)c3cc(N)cc(N)c3)cc2)CC1. The maximum atomic E-state index is 12.6. The van der Waals surface area contributed by atoms with E-state index in [1.54, 1.807) is 36.4 Å². The van der Waals surface area contributed by atoms with Gasteiger partial charge in [0.2, 0.25) is 0 Å². The topological polar surface area (TPSA) is 114 Å². The van der Waals surface area contributed by atoms with E-state index in [4.69, 9.17) is 25.7 Å². The molecule has 1 atom stereocenters. The molecule has 7 heteroatoms. The van der Waals surface area contributed by atoms with Gasteiger partial charge < -0.3 is 25.7 Å². The molecule has 4 N–H and O–H groups in total. The summed E-state index contributed by atoms with van der Waals surface area (Å²) in [6, 6.07) is 12.3. The lowest BCUT2D eigenvalue weighted by Gasteiger charge is -2.28. The molecule has 1 fully saturated rings. The van der Waals surface area contributed by atoms with Crippen LogP contribution in [-0.4, -0.2) is 37.4 Å². The number of benzene rings is 2. The summed E-state index contributed by atoms with van der Waals surface area (Å²) in [5, 5.41) is 0. The van der Waals surface area contributed by atoms with Gasteiger partial charge in [0.1, 0.15) is 6.10 Å². The summed E-state index contributed by atoms with van der Waals surface area (Å²) in [5.74, 6) is -0.806. The van der Waals surface area contributed by atoms with Crippen LogP contribution in [0, 0.1) is 0 Å². The van der Waals surface area contributed by atoms with E-state index >= 15 is 0 Å². The van der Waals surface area contributed by atoms with Crippen LogP contribution in [-0.2, 0) is 19.0 Å². The molecule has 1 saturated carbocycles. The van der Waals surface area contributed by atoms with Crippen molar-refractivity contribution in [2.75, 3.05) is 24.7 Å². The van der Waals surface area contributed by atoms with E-state index in [-0.39, 0.29) is 30.7 Å². The van der Waals surface area contributed by atoms with Crippen LogP contribution < -0.4 is 11.5 Å². The van der Waals surface area contributed by atoms with Crippen LogP contribution in [0.15, 0.2) is 48.5 Å². The summed E-state index contributed by atoms with van der Waals surface area (Å²) in [4.78, 5) is 24.8. The van der Waals surface area contributed by atoms with Crippen molar-refractivity contribution in [2.45, 2.75) is 83.3 Å². The number of carbonyl (C=O) groups is 2. The van der Waals surface area contributed by atoms with Crippen LogP contribution in [0.4, 0.5) is 11.4 Å². The number of nitrogen functional groups attached to an aromatic ring is 2. The van der Waals surface area contributed by atoms with Crippen molar-refractivity contribution in [2.24, 2.45) is 0 Å². The van der Waals surface area contributed by atoms with Gasteiger partial charge in [0.05, 0.1) is 18.3 Å². The fourth-order valence-electron chi connectivity index (χ4n) is 4.55. The summed E-state index contributed by atoms with van der Waals surface area (Å²) in [7, 11) is 0. The lowest BCUT2D eigenvalue weighted by molar-refractivity contribution is -0.138. The summed E-state index contributed by atoms with van der Waals surface area (Å²) in [5.41, 5.74) is 15.0. The van der Waals surface area contributed by atoms with Crippen molar-refractivity contribution in [3.63, 3.8) is 0 Å². The number of rotatable bonds is 13. The number of unbranched alkanes of at least 4 members (excludes halogenated alkanes) is 3. The number of carbonyl (C=O) groups excluding carboxylic acids is 2. The second-order valence-corrected chi connectivity index (χ2v) is 10.2. The molecule has 0 heterocycles. The Kier molecular flexibility index (Phi) is 11.7. The fraction of sp³-hybridized carbons (Fsp3) is 0.484. The highest BCUT2D eigenvalue weighted by atomic mass is 16.5. The molecule has 0 amide bonds. The average Bonchev–Trinajstić information content (AvgIpc) is 2.91. The maximum Gasteiger partial charge on any atom is 0.338 e. The van der Waals surface area contributed by atoms with Crippen LogP contribution in [0.5, 0.6) is 0 Å². The van der Waals surface area contributed by atoms with Gasteiger partial charge in [-0.1, -0.05) is 45.2 Å². The molecule has 0 radical (unpaired) electrons. The number of ether oxygens (including phenoxy) is 3. The molecular weight excluding hydrogens is 480 g/mol. The Morgan fingerprint density at radius 3 is 2.26 bits per heavy atom. The molecule has 2 aromatic rings. The predicted octanol–water partition coefficient (Wildman–Crippen LogP) is 6.28. The molecule has 0 saturated heterocycles. The van der Waals surface area contributed by atoms with E-state index in [2.05, 4.69) is 6.92 Å². The molecule has 1 aliphatic rings. The van der Waals surface area contributed by atoms with Gasteiger partial charge in [0.25, 0.3) is 0 Å². The summed E-state index contributed by atoms with van der Waals surface area (Å²) in [6.45, 7) is 5.19. The Bertz CT molecular complexity index is 1040. The van der Waals surface area contributed by atoms with E-state index in [1.807, 2.05) is 19.1 Å². The minimum atomic E-state index is -0.447. The van der Waals surface area contributed by atoms with E-state index in [0.29, 0.717) is 16.9 Å². The second-order valence-electron chi connectivity index (χ2n) is 10.2. The van der Waals surface area contributed by atoms with Gasteiger partial charge in [-0.05, 0) is 79.6 Å². The molecule has 2 aromatic carbocycles. The van der Waals surface area contributed by atoms with E-state index in [9.17, 15) is 9.59 Å². The number of esters is 2. The first-order valence-electron chi connectivity index (χ1n) is 13.8. The highest BCUT2D eigenvalue weighted by Gasteiger charge is 2.24. The zero-order chi connectivity index (χ0) is 27.3. The highest BCUT2D eigenvalue weighted by molar-refractivity contribution is 5.90. The third-order valence-electron chi connectivity index (χ3n) is 6.85. The standard InChI is InChI=1S/C31H42N2O5/c1-3-4-5-6-17-36-28-12-14-29(15-13-28)38-31(35)24-10-7-23(8-11-24)9-16-30(34)37-21-22(2)25-18-26(32)20-27(33)19-25/h7-11,16,18-20,22,28-29H,3-6,12-15,17,21,32-33H2,1-2H3/b16-9+. The third kappa shape index (κ3) is 9.86. The molecule has 1 unspecified atom stereocenters. The summed E-state index contributed by atoms with van der Waals surface area (Å²) >= 11 is 0. The smallest absolute Gasteiger partial charge is 0.338 e. The molecule has 206 valence electrons. The van der Waals surface area contributed by atoms with Gasteiger partial charge in [0.15, 0.2) is 0 Å². The zero-order valence-electron chi connectivity index (χ0n) is 22.7. The van der Waals surface area contributed by atoms with Gasteiger partial charge >= 0.3 is 11.9 Å². The molecule has 1 aliphatic carbocycles.